The van der Waals surface area contributed by atoms with E-state index in [-0.39, 0.29) is 10.8 Å². The van der Waals surface area contributed by atoms with Crippen molar-refractivity contribution < 1.29 is 27.5 Å². The number of hydrogen-bond acceptors (Lipinski definition) is 3. The maximum absolute atomic E-state index is 12.5. The molecule has 4 rings (SSSR count). The van der Waals surface area contributed by atoms with Crippen LogP contribution in [0.5, 0.6) is 0 Å². The second-order valence-corrected chi connectivity index (χ2v) is 9.87. The third-order valence-electron chi connectivity index (χ3n) is 8.83. The number of ketones is 1. The molecule has 0 N–H and O–H groups in total. The molecule has 0 unspecified atom stereocenters. The Morgan fingerprint density at radius 1 is 1.04 bits per heavy atom. The first kappa shape index (κ1) is 19.3. The highest BCUT2D eigenvalue weighted by Crippen LogP contribution is 2.65. The largest absolute Gasteiger partial charge is 0.490 e. The number of carbonyl (C=O) groups excluding carboxylic acids is 2. The second-order valence-electron chi connectivity index (χ2n) is 9.87. The van der Waals surface area contributed by atoms with Crippen LogP contribution in [-0.4, -0.2) is 24.0 Å². The van der Waals surface area contributed by atoms with Crippen molar-refractivity contribution in [1.29, 1.82) is 0 Å². The molecule has 3 nitrogen and oxygen atoms in total. The Bertz CT molecular complexity index is 645. The quantitative estimate of drug-likeness (QED) is 0.591. The van der Waals surface area contributed by atoms with Crippen molar-refractivity contribution in [2.75, 3.05) is 0 Å². The first-order valence-corrected chi connectivity index (χ1v) is 10.4. The van der Waals surface area contributed by atoms with Crippen LogP contribution in [0.3, 0.4) is 0 Å². The Hall–Kier alpha value is -1.07. The first-order valence-electron chi connectivity index (χ1n) is 10.4. The summed E-state index contributed by atoms with van der Waals surface area (Å²) in [5.41, 5.74) is -0.0547. The molecule has 27 heavy (non-hydrogen) atoms. The van der Waals surface area contributed by atoms with Crippen molar-refractivity contribution in [1.82, 2.24) is 0 Å². The number of ether oxygens (including phenoxy) is 1. The molecule has 4 fully saturated rings. The predicted molar refractivity (Wildman–Crippen MR) is 92.7 cm³/mol. The minimum absolute atomic E-state index is 0.0943. The Kier molecular flexibility index (Phi) is 4.43. The molecule has 0 saturated heterocycles. The molecule has 6 heteroatoms. The molecule has 0 aliphatic heterocycles. The van der Waals surface area contributed by atoms with E-state index in [1.165, 1.54) is 0 Å². The van der Waals surface area contributed by atoms with Crippen molar-refractivity contribution in [2.24, 2.45) is 34.5 Å². The third-order valence-corrected chi connectivity index (χ3v) is 8.83. The molecule has 0 amide bonds. The van der Waals surface area contributed by atoms with Gasteiger partial charge >= 0.3 is 12.1 Å². The molecule has 0 aromatic rings. The summed E-state index contributed by atoms with van der Waals surface area (Å²) in [6.45, 7) is 4.46. The fourth-order valence-electron chi connectivity index (χ4n) is 7.31. The molecule has 152 valence electrons. The van der Waals surface area contributed by atoms with Gasteiger partial charge in [-0.05, 0) is 80.5 Å². The van der Waals surface area contributed by atoms with E-state index in [0.717, 1.165) is 38.5 Å². The number of carbonyl (C=O) groups is 2. The Labute approximate surface area is 158 Å². The summed E-state index contributed by atoms with van der Waals surface area (Å²) >= 11 is 0. The number of alkyl halides is 3. The van der Waals surface area contributed by atoms with Crippen LogP contribution in [0, 0.1) is 34.5 Å². The zero-order valence-corrected chi connectivity index (χ0v) is 16.1. The Morgan fingerprint density at radius 3 is 2.48 bits per heavy atom. The van der Waals surface area contributed by atoms with Gasteiger partial charge in [0, 0.05) is 11.8 Å². The van der Waals surface area contributed by atoms with E-state index < -0.39 is 18.2 Å². The maximum atomic E-state index is 12.5. The van der Waals surface area contributed by atoms with Crippen molar-refractivity contribution >= 4 is 11.8 Å². The maximum Gasteiger partial charge on any atom is 0.490 e. The number of rotatable bonds is 1. The van der Waals surface area contributed by atoms with E-state index in [1.54, 1.807) is 0 Å². The monoisotopic (exact) mass is 386 g/mol. The fraction of sp³-hybridized carbons (Fsp3) is 0.905. The predicted octanol–water partition coefficient (Wildman–Crippen LogP) is 5.07. The van der Waals surface area contributed by atoms with Gasteiger partial charge in [0.25, 0.3) is 0 Å². The Balaban J connectivity index is 1.48. The van der Waals surface area contributed by atoms with Crippen LogP contribution in [0.2, 0.25) is 0 Å². The van der Waals surface area contributed by atoms with Crippen LogP contribution in [0.1, 0.15) is 71.6 Å². The van der Waals surface area contributed by atoms with Gasteiger partial charge in [0.05, 0.1) is 0 Å². The van der Waals surface area contributed by atoms with Crippen molar-refractivity contribution in [2.45, 2.75) is 83.9 Å². The molecule has 0 aromatic carbocycles. The summed E-state index contributed by atoms with van der Waals surface area (Å²) in [4.78, 5) is 23.7. The van der Waals surface area contributed by atoms with E-state index in [2.05, 4.69) is 13.8 Å². The Morgan fingerprint density at radius 2 is 1.78 bits per heavy atom. The second kappa shape index (κ2) is 6.21. The molecule has 0 heterocycles. The minimum Gasteiger partial charge on any atom is -0.456 e. The van der Waals surface area contributed by atoms with Crippen molar-refractivity contribution in [3.63, 3.8) is 0 Å². The van der Waals surface area contributed by atoms with Crippen LogP contribution in [0.25, 0.3) is 0 Å². The van der Waals surface area contributed by atoms with E-state index in [9.17, 15) is 22.8 Å². The fourth-order valence-corrected chi connectivity index (χ4v) is 7.31. The summed E-state index contributed by atoms with van der Waals surface area (Å²) in [6, 6.07) is 0. The van der Waals surface area contributed by atoms with E-state index in [0.29, 0.717) is 48.7 Å². The van der Waals surface area contributed by atoms with Crippen LogP contribution in [-0.2, 0) is 14.3 Å². The lowest BCUT2D eigenvalue weighted by Gasteiger charge is -2.60. The molecule has 0 radical (unpaired) electrons. The average molecular weight is 386 g/mol. The van der Waals surface area contributed by atoms with Crippen molar-refractivity contribution in [3.05, 3.63) is 0 Å². The zero-order valence-electron chi connectivity index (χ0n) is 16.1. The lowest BCUT2D eigenvalue weighted by atomic mass is 9.45. The van der Waals surface area contributed by atoms with Gasteiger partial charge in [-0.3, -0.25) is 4.79 Å². The molecule has 4 aliphatic rings. The SMILES string of the molecule is C[C@]12CC[C@@H](OC(=O)C(F)(F)F)C[C@@H]1CC[C@@H]1[C@@H]2CC[C@]2(C)C(=O)CC[C@@H]12. The molecule has 7 atom stereocenters. The number of halogens is 3. The summed E-state index contributed by atoms with van der Waals surface area (Å²) in [5.74, 6) is 0.260. The highest BCUT2D eigenvalue weighted by molar-refractivity contribution is 5.87. The topological polar surface area (TPSA) is 43.4 Å². The van der Waals surface area contributed by atoms with Gasteiger partial charge in [-0.25, -0.2) is 4.79 Å². The molecule has 4 aliphatic carbocycles. The van der Waals surface area contributed by atoms with Gasteiger partial charge in [-0.1, -0.05) is 13.8 Å². The van der Waals surface area contributed by atoms with Gasteiger partial charge in [-0.15, -0.1) is 0 Å². The zero-order chi connectivity index (χ0) is 19.6. The van der Waals surface area contributed by atoms with Gasteiger partial charge in [-0.2, -0.15) is 13.2 Å². The summed E-state index contributed by atoms with van der Waals surface area (Å²) in [6.07, 6.45) is 2.07. The number of fused-ring (bicyclic) bond motifs is 5. The van der Waals surface area contributed by atoms with Crippen LogP contribution < -0.4 is 0 Å². The minimum atomic E-state index is -4.92. The summed E-state index contributed by atoms with van der Waals surface area (Å²) in [5, 5.41) is 0. The molecular weight excluding hydrogens is 357 g/mol. The van der Waals surface area contributed by atoms with Crippen LogP contribution in [0.15, 0.2) is 0 Å². The van der Waals surface area contributed by atoms with E-state index in [4.69, 9.17) is 4.74 Å². The summed E-state index contributed by atoms with van der Waals surface area (Å²) in [7, 11) is 0. The third kappa shape index (κ3) is 2.93. The van der Waals surface area contributed by atoms with Crippen molar-refractivity contribution in [3.8, 4) is 0 Å². The molecule has 4 saturated carbocycles. The first-order chi connectivity index (χ1) is 12.6. The highest BCUT2D eigenvalue weighted by Gasteiger charge is 2.60. The van der Waals surface area contributed by atoms with E-state index >= 15 is 0 Å². The standard InChI is InChI=1S/C21H29F3O3/c1-19-9-7-13(27-18(26)21(22,23)24)11-12(19)3-4-14-15-5-6-17(25)20(15,2)10-8-16(14)19/h12-16H,3-11H2,1-2H3/t12-,13+,14-,15-,16-,19-,20-/m0/s1. The normalized spacial score (nSPS) is 47.0. The number of hydrogen-bond donors (Lipinski definition) is 0. The van der Waals surface area contributed by atoms with Crippen LogP contribution in [0.4, 0.5) is 13.2 Å². The van der Waals surface area contributed by atoms with Gasteiger partial charge < -0.3 is 4.74 Å². The number of esters is 1. The average Bonchev–Trinajstić information content (AvgIpc) is 2.89. The van der Waals surface area contributed by atoms with E-state index in [1.807, 2.05) is 0 Å². The van der Waals surface area contributed by atoms with Gasteiger partial charge in [0.2, 0.25) is 0 Å². The lowest BCUT2D eigenvalue weighted by Crippen LogP contribution is -2.54. The molecule has 0 bridgehead atoms. The lowest BCUT2D eigenvalue weighted by molar-refractivity contribution is -0.210. The van der Waals surface area contributed by atoms with Gasteiger partial charge in [0.15, 0.2) is 0 Å². The van der Waals surface area contributed by atoms with Crippen LogP contribution >= 0.6 is 0 Å². The highest BCUT2D eigenvalue weighted by atomic mass is 19.4. The molecular formula is C21H29F3O3. The smallest absolute Gasteiger partial charge is 0.456 e. The number of Topliss-reactive ketones (excluding diaryl/α,β-unsaturated/α-hetero) is 1. The molecule has 0 spiro atoms. The van der Waals surface area contributed by atoms with Gasteiger partial charge in [0.1, 0.15) is 11.9 Å². The summed E-state index contributed by atoms with van der Waals surface area (Å²) < 4.78 is 42.3. The molecule has 0 aromatic heterocycles.